The molecule has 1 fully saturated rings. The molecule has 1 saturated carbocycles. The van der Waals surface area contributed by atoms with E-state index in [9.17, 15) is 18.0 Å². The van der Waals surface area contributed by atoms with Gasteiger partial charge >= 0.3 is 0 Å². The van der Waals surface area contributed by atoms with E-state index in [0.717, 1.165) is 10.9 Å². The maximum Gasteiger partial charge on any atom is 0.255 e. The number of amides is 1. The Morgan fingerprint density at radius 1 is 1.27 bits per heavy atom. The molecule has 0 spiro atoms. The van der Waals surface area contributed by atoms with Crippen LogP contribution in [0.15, 0.2) is 30.3 Å². The Balaban J connectivity index is 1.47. The van der Waals surface area contributed by atoms with Crippen molar-refractivity contribution in [3.63, 3.8) is 0 Å². The van der Waals surface area contributed by atoms with E-state index in [2.05, 4.69) is 0 Å². The number of rotatable bonds is 7. The Bertz CT molecular complexity index is 1540. The van der Waals surface area contributed by atoms with Crippen LogP contribution in [0.25, 0.3) is 33.6 Å². The number of hydrogen-bond acceptors (Lipinski definition) is 5. The minimum atomic E-state index is -2.68. The lowest BCUT2D eigenvalue weighted by Gasteiger charge is -2.29. The van der Waals surface area contributed by atoms with Crippen LogP contribution in [0.4, 0.5) is 13.2 Å². The average Bonchev–Trinajstić information content (AvgIpc) is 3.18. The van der Waals surface area contributed by atoms with Crippen molar-refractivity contribution in [2.45, 2.75) is 31.4 Å². The molecule has 2 aliphatic rings. The van der Waals surface area contributed by atoms with E-state index in [4.69, 9.17) is 20.4 Å². The molecule has 3 aromatic heterocycles. The van der Waals surface area contributed by atoms with Crippen LogP contribution in [-0.4, -0.2) is 68.7 Å². The van der Waals surface area contributed by atoms with Crippen molar-refractivity contribution < 1.29 is 22.7 Å². The van der Waals surface area contributed by atoms with E-state index >= 15 is 0 Å². The number of benzene rings is 1. The summed E-state index contributed by atoms with van der Waals surface area (Å²) in [7, 11) is 3.38. The molecule has 8 nitrogen and oxygen atoms in total. The van der Waals surface area contributed by atoms with Gasteiger partial charge in [0, 0.05) is 50.8 Å². The maximum absolute atomic E-state index is 14.0. The van der Waals surface area contributed by atoms with Crippen LogP contribution in [0.1, 0.15) is 22.5 Å². The van der Waals surface area contributed by atoms with Gasteiger partial charge in [-0.2, -0.15) is 0 Å². The number of nitrogens with two attached hydrogens (primary N) is 1. The van der Waals surface area contributed by atoms with Crippen LogP contribution < -0.4 is 10.5 Å². The zero-order chi connectivity index (χ0) is 26.1. The first-order valence-electron chi connectivity index (χ1n) is 12.2. The molecule has 1 unspecified atom stereocenters. The Morgan fingerprint density at radius 3 is 2.76 bits per heavy atom. The zero-order valence-corrected chi connectivity index (χ0v) is 20.5. The van der Waals surface area contributed by atoms with Gasteiger partial charge < -0.3 is 24.5 Å². The monoisotopic (exact) mass is 512 g/mol. The van der Waals surface area contributed by atoms with Gasteiger partial charge in [-0.1, -0.05) is 12.1 Å². The van der Waals surface area contributed by atoms with E-state index in [1.807, 2.05) is 40.4 Å². The van der Waals surface area contributed by atoms with Gasteiger partial charge in [-0.05, 0) is 18.2 Å². The van der Waals surface area contributed by atoms with Gasteiger partial charge in [-0.15, -0.1) is 0 Å². The molecule has 1 amide bonds. The highest BCUT2D eigenvalue weighted by molar-refractivity contribution is 5.99. The second-order valence-corrected chi connectivity index (χ2v) is 9.94. The molecule has 194 valence electrons. The summed E-state index contributed by atoms with van der Waals surface area (Å²) in [6, 6.07) is 8.48. The Morgan fingerprint density at radius 2 is 2.05 bits per heavy atom. The second kappa shape index (κ2) is 8.47. The molecule has 2 atom stereocenters. The number of carbonyl (C=O) groups is 1. The average molecular weight is 513 g/mol. The number of para-hydroxylation sites is 1. The number of pyridine rings is 1. The summed E-state index contributed by atoms with van der Waals surface area (Å²) in [5.74, 6) is -2.54. The van der Waals surface area contributed by atoms with E-state index in [-0.39, 0.29) is 25.4 Å². The number of methoxy groups -OCH3 is 1. The number of ether oxygens (including phenoxy) is 1. The molecule has 37 heavy (non-hydrogen) atoms. The molecule has 6 rings (SSSR count). The van der Waals surface area contributed by atoms with Crippen molar-refractivity contribution in [2.75, 3.05) is 26.9 Å². The number of imidazole rings is 1. The summed E-state index contributed by atoms with van der Waals surface area (Å²) in [6.07, 6.45) is 0.369. The van der Waals surface area contributed by atoms with Crippen LogP contribution in [-0.2, 0) is 20.0 Å². The van der Waals surface area contributed by atoms with Crippen molar-refractivity contribution in [1.29, 1.82) is 0 Å². The summed E-state index contributed by atoms with van der Waals surface area (Å²) < 4.78 is 50.1. The van der Waals surface area contributed by atoms with Gasteiger partial charge in [0.05, 0.1) is 35.6 Å². The van der Waals surface area contributed by atoms with E-state index in [1.165, 1.54) is 0 Å². The van der Waals surface area contributed by atoms with Crippen LogP contribution in [0.3, 0.4) is 0 Å². The van der Waals surface area contributed by atoms with Gasteiger partial charge in [0.25, 0.3) is 11.8 Å². The zero-order valence-electron chi connectivity index (χ0n) is 20.5. The van der Waals surface area contributed by atoms with Crippen molar-refractivity contribution in [3.8, 4) is 17.3 Å². The molecular formula is C26H27F3N6O2. The summed E-state index contributed by atoms with van der Waals surface area (Å²) in [4.78, 5) is 24.2. The number of hydrogen-bond donors (Lipinski definition) is 1. The summed E-state index contributed by atoms with van der Waals surface area (Å²) >= 11 is 0. The molecule has 0 bridgehead atoms. The molecule has 11 heteroatoms. The van der Waals surface area contributed by atoms with Gasteiger partial charge in [0.15, 0.2) is 11.5 Å². The molecule has 2 N–H and O–H groups in total. The first-order valence-corrected chi connectivity index (χ1v) is 12.2. The lowest BCUT2D eigenvalue weighted by atomic mass is 10.0. The van der Waals surface area contributed by atoms with Gasteiger partial charge in [0.1, 0.15) is 17.9 Å². The number of halogens is 3. The molecule has 1 aliphatic heterocycles. The number of nitrogens with zero attached hydrogens (tertiary/aromatic N) is 5. The standard InChI is InChI=1S/C26H27F3N6O2/c1-33-23-19(9-17-18(31-23)6-7-34(25(17)36)13-16(30)11-27)32-24(33)20-8-14-4-3-5-21(37-2)22(14)35(20)12-15-10-26(15,28)29/h3-5,8-9,15-16H,6-7,10-13,30H2,1-2H3/t15?,16-/m1/s1. The van der Waals surface area contributed by atoms with E-state index in [1.54, 1.807) is 18.1 Å². The Labute approximate surface area is 210 Å². The van der Waals surface area contributed by atoms with Crippen LogP contribution in [0.5, 0.6) is 5.75 Å². The second-order valence-electron chi connectivity index (χ2n) is 9.94. The Hall–Kier alpha value is -3.60. The molecule has 1 aromatic carbocycles. The molecule has 4 heterocycles. The van der Waals surface area contributed by atoms with Gasteiger partial charge in [-0.25, -0.2) is 23.1 Å². The van der Waals surface area contributed by atoms with Gasteiger partial charge in [-0.3, -0.25) is 4.79 Å². The minimum absolute atomic E-state index is 0.127. The van der Waals surface area contributed by atoms with E-state index in [0.29, 0.717) is 52.7 Å². The third-order valence-electron chi connectivity index (χ3n) is 7.40. The molecule has 0 saturated heterocycles. The normalized spacial score (nSPS) is 19.5. The first-order chi connectivity index (χ1) is 17.7. The Kier molecular flexibility index (Phi) is 5.45. The topological polar surface area (TPSA) is 91.2 Å². The largest absolute Gasteiger partial charge is 0.495 e. The third kappa shape index (κ3) is 3.83. The SMILES string of the molecule is COc1cccc2cc(-c3nc4cc5c(nc4n3C)CCN(C[C@H](N)CF)C5=O)n(CC3CC3(F)F)c12. The summed E-state index contributed by atoms with van der Waals surface area (Å²) in [5.41, 5.74) is 9.31. The van der Waals surface area contributed by atoms with Crippen LogP contribution in [0.2, 0.25) is 0 Å². The fourth-order valence-electron chi connectivity index (χ4n) is 5.29. The molecular weight excluding hydrogens is 485 g/mol. The number of aryl methyl sites for hydroxylation is 1. The highest BCUT2D eigenvalue weighted by atomic mass is 19.3. The number of fused-ring (bicyclic) bond motifs is 3. The maximum atomic E-state index is 14.0. The minimum Gasteiger partial charge on any atom is -0.495 e. The van der Waals surface area contributed by atoms with Crippen molar-refractivity contribution in [1.82, 2.24) is 24.0 Å². The molecule has 4 aromatic rings. The third-order valence-corrected chi connectivity index (χ3v) is 7.40. The van der Waals surface area contributed by atoms with Gasteiger partial charge in [0.2, 0.25) is 0 Å². The van der Waals surface area contributed by atoms with Crippen molar-refractivity contribution in [3.05, 3.63) is 41.6 Å². The van der Waals surface area contributed by atoms with Crippen molar-refractivity contribution >= 4 is 28.0 Å². The fourth-order valence-corrected chi connectivity index (χ4v) is 5.29. The quantitative estimate of drug-likeness (QED) is 0.409. The number of alkyl halides is 3. The lowest BCUT2D eigenvalue weighted by Crippen LogP contribution is -2.45. The predicted octanol–water partition coefficient (Wildman–Crippen LogP) is 3.55. The first kappa shape index (κ1) is 23.8. The molecule has 1 aliphatic carbocycles. The fraction of sp³-hybridized carbons (Fsp3) is 0.423. The number of aromatic nitrogens is 4. The smallest absolute Gasteiger partial charge is 0.255 e. The lowest BCUT2D eigenvalue weighted by molar-refractivity contribution is 0.0723. The molecule has 0 radical (unpaired) electrons. The summed E-state index contributed by atoms with van der Waals surface area (Å²) in [6.45, 7) is -0.0366. The number of carbonyl (C=O) groups excluding carboxylic acids is 1. The van der Waals surface area contributed by atoms with Crippen molar-refractivity contribution in [2.24, 2.45) is 18.7 Å². The highest BCUT2D eigenvalue weighted by Crippen LogP contribution is 2.50. The van der Waals surface area contributed by atoms with Crippen LogP contribution in [0, 0.1) is 5.92 Å². The summed E-state index contributed by atoms with van der Waals surface area (Å²) in [5, 5.41) is 0.854. The highest BCUT2D eigenvalue weighted by Gasteiger charge is 2.57. The van der Waals surface area contributed by atoms with Crippen LogP contribution >= 0.6 is 0 Å². The predicted molar refractivity (Wildman–Crippen MR) is 133 cm³/mol. The van der Waals surface area contributed by atoms with E-state index < -0.39 is 24.6 Å².